The minimum Gasteiger partial charge on any atom is -0.302 e. The third kappa shape index (κ3) is 6.64. The van der Waals surface area contributed by atoms with Gasteiger partial charge in [0.1, 0.15) is 5.82 Å². The van der Waals surface area contributed by atoms with Crippen LogP contribution in [0.5, 0.6) is 0 Å². The molecule has 0 atom stereocenters. The Morgan fingerprint density at radius 1 is 1.18 bits per heavy atom. The molecule has 1 aromatic rings. The molecule has 1 nitrogen and oxygen atoms in total. The van der Waals surface area contributed by atoms with E-state index in [-0.39, 0.29) is 5.82 Å². The number of alkyl halides is 1. The monoisotopic (exact) mass is 257 g/mol. The van der Waals surface area contributed by atoms with E-state index in [1.54, 1.807) is 12.1 Å². The van der Waals surface area contributed by atoms with E-state index in [0.717, 1.165) is 31.0 Å². The SMILES string of the molecule is CN(CCCCCCCl)Cc1cccc(F)c1. The molecule has 0 heterocycles. The lowest BCUT2D eigenvalue weighted by atomic mass is 10.2. The van der Waals surface area contributed by atoms with Crippen LogP contribution in [0, 0.1) is 5.82 Å². The third-order valence-electron chi connectivity index (χ3n) is 2.76. The first-order valence-corrected chi connectivity index (χ1v) is 6.75. The molecule has 0 aliphatic carbocycles. The Bertz CT molecular complexity index is 317. The summed E-state index contributed by atoms with van der Waals surface area (Å²) in [7, 11) is 2.08. The van der Waals surface area contributed by atoms with E-state index >= 15 is 0 Å². The van der Waals surface area contributed by atoms with E-state index in [4.69, 9.17) is 11.6 Å². The fourth-order valence-electron chi connectivity index (χ4n) is 1.86. The summed E-state index contributed by atoms with van der Waals surface area (Å²) in [5.74, 6) is 0.608. The summed E-state index contributed by atoms with van der Waals surface area (Å²) in [5, 5.41) is 0. The number of hydrogen-bond donors (Lipinski definition) is 0. The summed E-state index contributed by atoms with van der Waals surface area (Å²) >= 11 is 5.62. The molecule has 0 saturated heterocycles. The largest absolute Gasteiger partial charge is 0.302 e. The minimum atomic E-state index is -0.155. The van der Waals surface area contributed by atoms with Crippen LogP contribution in [-0.2, 0) is 6.54 Å². The second kappa shape index (κ2) is 8.48. The van der Waals surface area contributed by atoms with Crippen LogP contribution in [0.4, 0.5) is 4.39 Å². The molecule has 0 saturated carbocycles. The van der Waals surface area contributed by atoms with Gasteiger partial charge in [-0.15, -0.1) is 11.6 Å². The first-order chi connectivity index (χ1) is 8.22. The van der Waals surface area contributed by atoms with Crippen LogP contribution in [-0.4, -0.2) is 24.4 Å². The van der Waals surface area contributed by atoms with E-state index in [1.165, 1.54) is 25.3 Å². The maximum Gasteiger partial charge on any atom is 0.123 e. The van der Waals surface area contributed by atoms with Crippen LogP contribution in [0.3, 0.4) is 0 Å². The van der Waals surface area contributed by atoms with Crippen LogP contribution in [0.25, 0.3) is 0 Å². The summed E-state index contributed by atoms with van der Waals surface area (Å²) in [6.07, 6.45) is 4.72. The number of halogens is 2. The number of unbranched alkanes of at least 4 members (excludes halogenated alkanes) is 3. The van der Waals surface area contributed by atoms with Crippen LogP contribution >= 0.6 is 11.6 Å². The van der Waals surface area contributed by atoms with Crippen molar-refractivity contribution < 1.29 is 4.39 Å². The highest BCUT2D eigenvalue weighted by Gasteiger charge is 2.01. The first-order valence-electron chi connectivity index (χ1n) is 6.21. The standard InChI is InChI=1S/C14H21ClFN/c1-17(10-5-3-2-4-9-15)12-13-7-6-8-14(16)11-13/h6-8,11H,2-5,9-10,12H2,1H3. The van der Waals surface area contributed by atoms with Gasteiger partial charge in [0.05, 0.1) is 0 Å². The summed E-state index contributed by atoms with van der Waals surface area (Å²) in [4.78, 5) is 2.23. The highest BCUT2D eigenvalue weighted by molar-refractivity contribution is 6.17. The summed E-state index contributed by atoms with van der Waals surface area (Å²) in [6, 6.07) is 6.81. The maximum absolute atomic E-state index is 13.0. The smallest absolute Gasteiger partial charge is 0.123 e. The number of benzene rings is 1. The highest BCUT2D eigenvalue weighted by atomic mass is 35.5. The Labute approximate surface area is 109 Å². The molecule has 0 spiro atoms. The van der Waals surface area contributed by atoms with E-state index in [1.807, 2.05) is 6.07 Å². The molecular weight excluding hydrogens is 237 g/mol. The average Bonchev–Trinajstić information content (AvgIpc) is 2.29. The van der Waals surface area contributed by atoms with E-state index in [2.05, 4.69) is 11.9 Å². The van der Waals surface area contributed by atoms with Gasteiger partial charge in [-0.25, -0.2) is 4.39 Å². The van der Waals surface area contributed by atoms with Gasteiger partial charge in [0.2, 0.25) is 0 Å². The second-order valence-electron chi connectivity index (χ2n) is 4.47. The third-order valence-corrected chi connectivity index (χ3v) is 3.03. The summed E-state index contributed by atoms with van der Waals surface area (Å²) < 4.78 is 13.0. The molecule has 0 aromatic heterocycles. The van der Waals surface area contributed by atoms with Gasteiger partial charge in [0, 0.05) is 12.4 Å². The molecule has 96 valence electrons. The predicted molar refractivity (Wildman–Crippen MR) is 71.9 cm³/mol. The number of rotatable bonds is 8. The zero-order chi connectivity index (χ0) is 12.5. The Hall–Kier alpha value is -0.600. The topological polar surface area (TPSA) is 3.24 Å². The molecule has 0 bridgehead atoms. The predicted octanol–water partition coefficient (Wildman–Crippen LogP) is 4.06. The Morgan fingerprint density at radius 2 is 1.94 bits per heavy atom. The number of hydrogen-bond acceptors (Lipinski definition) is 1. The molecule has 0 fully saturated rings. The van der Waals surface area contributed by atoms with Crippen molar-refractivity contribution >= 4 is 11.6 Å². The van der Waals surface area contributed by atoms with Crippen molar-refractivity contribution in [2.24, 2.45) is 0 Å². The average molecular weight is 258 g/mol. The van der Waals surface area contributed by atoms with Gasteiger partial charge in [-0.05, 0) is 44.1 Å². The molecule has 0 radical (unpaired) electrons. The zero-order valence-corrected chi connectivity index (χ0v) is 11.2. The highest BCUT2D eigenvalue weighted by Crippen LogP contribution is 2.08. The molecule has 0 aliphatic heterocycles. The molecule has 17 heavy (non-hydrogen) atoms. The van der Waals surface area contributed by atoms with E-state index in [0.29, 0.717) is 0 Å². The number of nitrogens with zero attached hydrogens (tertiary/aromatic N) is 1. The molecule has 1 aromatic carbocycles. The van der Waals surface area contributed by atoms with E-state index < -0.39 is 0 Å². The first kappa shape index (κ1) is 14.5. The van der Waals surface area contributed by atoms with Crippen LogP contribution in [0.2, 0.25) is 0 Å². The molecule has 0 aliphatic rings. The van der Waals surface area contributed by atoms with Gasteiger partial charge in [0.25, 0.3) is 0 Å². The molecule has 0 unspecified atom stereocenters. The molecule has 3 heteroatoms. The lowest BCUT2D eigenvalue weighted by Gasteiger charge is -2.16. The van der Waals surface area contributed by atoms with Crippen molar-refractivity contribution in [1.82, 2.24) is 4.90 Å². The van der Waals surface area contributed by atoms with Crippen LogP contribution < -0.4 is 0 Å². The van der Waals surface area contributed by atoms with Crippen molar-refractivity contribution in [1.29, 1.82) is 0 Å². The van der Waals surface area contributed by atoms with Crippen molar-refractivity contribution in [3.8, 4) is 0 Å². The Balaban J connectivity index is 2.18. The van der Waals surface area contributed by atoms with Crippen molar-refractivity contribution in [2.75, 3.05) is 19.5 Å². The molecular formula is C14H21ClFN. The fourth-order valence-corrected chi connectivity index (χ4v) is 2.04. The van der Waals surface area contributed by atoms with E-state index in [9.17, 15) is 4.39 Å². The Kier molecular flexibility index (Phi) is 7.22. The van der Waals surface area contributed by atoms with Gasteiger partial charge < -0.3 is 4.90 Å². The lowest BCUT2D eigenvalue weighted by Crippen LogP contribution is -2.19. The molecule has 0 N–H and O–H groups in total. The van der Waals surface area contributed by atoms with Gasteiger partial charge in [-0.3, -0.25) is 0 Å². The zero-order valence-electron chi connectivity index (χ0n) is 10.5. The van der Waals surface area contributed by atoms with Gasteiger partial charge in [-0.1, -0.05) is 25.0 Å². The minimum absolute atomic E-state index is 0.155. The van der Waals surface area contributed by atoms with Gasteiger partial charge in [0.15, 0.2) is 0 Å². The quantitative estimate of drug-likeness (QED) is 0.502. The van der Waals surface area contributed by atoms with Gasteiger partial charge >= 0.3 is 0 Å². The molecule has 1 rings (SSSR count). The van der Waals surface area contributed by atoms with Crippen molar-refractivity contribution in [2.45, 2.75) is 32.2 Å². The van der Waals surface area contributed by atoms with Crippen molar-refractivity contribution in [3.63, 3.8) is 0 Å². The normalized spacial score (nSPS) is 11.1. The van der Waals surface area contributed by atoms with Crippen LogP contribution in [0.1, 0.15) is 31.2 Å². The van der Waals surface area contributed by atoms with Crippen LogP contribution in [0.15, 0.2) is 24.3 Å². The van der Waals surface area contributed by atoms with Crippen molar-refractivity contribution in [3.05, 3.63) is 35.6 Å². The molecule has 0 amide bonds. The maximum atomic E-state index is 13.0. The fraction of sp³-hybridized carbons (Fsp3) is 0.571. The second-order valence-corrected chi connectivity index (χ2v) is 4.85. The summed E-state index contributed by atoms with van der Waals surface area (Å²) in [6.45, 7) is 1.87. The lowest BCUT2D eigenvalue weighted by molar-refractivity contribution is 0.316. The van der Waals surface area contributed by atoms with Gasteiger partial charge in [-0.2, -0.15) is 0 Å². The summed E-state index contributed by atoms with van der Waals surface area (Å²) in [5.41, 5.74) is 1.04. The Morgan fingerprint density at radius 3 is 2.65 bits per heavy atom.